The van der Waals surface area contributed by atoms with Crippen LogP contribution in [0.3, 0.4) is 0 Å². The molecular formula is C4H6F5I. The Kier molecular flexibility index (Phi) is 4.79. The van der Waals surface area contributed by atoms with Gasteiger partial charge in [0.2, 0.25) is 0 Å². The first-order valence-corrected chi connectivity index (χ1v) is 2.26. The predicted octanol–water partition coefficient (Wildman–Crippen LogP) is 3.21. The lowest BCUT2D eigenvalue weighted by molar-refractivity contribution is -0.282. The maximum Gasteiger partial charge on any atom is 0.453 e. The Balaban J connectivity index is 0. The van der Waals surface area contributed by atoms with Crippen molar-refractivity contribution in [2.45, 2.75) is 25.4 Å². The van der Waals surface area contributed by atoms with Gasteiger partial charge in [0.05, 0.1) is 0 Å². The van der Waals surface area contributed by atoms with Crippen LogP contribution in [0.1, 0.15) is 13.3 Å². The second-order valence-electron chi connectivity index (χ2n) is 1.56. The van der Waals surface area contributed by atoms with Crippen molar-refractivity contribution in [1.82, 2.24) is 0 Å². The minimum atomic E-state index is -5.39. The summed E-state index contributed by atoms with van der Waals surface area (Å²) in [5, 5.41) is 0. The largest absolute Gasteiger partial charge is 0.453 e. The van der Waals surface area contributed by atoms with E-state index in [4.69, 9.17) is 0 Å². The van der Waals surface area contributed by atoms with Gasteiger partial charge in [0.25, 0.3) is 0 Å². The summed E-state index contributed by atoms with van der Waals surface area (Å²) < 4.78 is 56.3. The van der Waals surface area contributed by atoms with Crippen LogP contribution in [0.2, 0.25) is 0 Å². The van der Waals surface area contributed by atoms with Crippen LogP contribution < -0.4 is 0 Å². The highest BCUT2D eigenvalue weighted by Crippen LogP contribution is 2.37. The highest BCUT2D eigenvalue weighted by molar-refractivity contribution is 14.0. The molecule has 0 rings (SSSR count). The molecule has 0 aromatic rings. The normalized spacial score (nSPS) is 12.6. The Bertz CT molecular complexity index is 96.3. The molecule has 0 aliphatic heterocycles. The monoisotopic (exact) mass is 276 g/mol. The Morgan fingerprint density at radius 2 is 1.30 bits per heavy atom. The van der Waals surface area contributed by atoms with Gasteiger partial charge in [0, 0.05) is 6.42 Å². The Morgan fingerprint density at radius 1 is 1.00 bits per heavy atom. The van der Waals surface area contributed by atoms with Crippen LogP contribution in [0.15, 0.2) is 0 Å². The van der Waals surface area contributed by atoms with E-state index >= 15 is 0 Å². The van der Waals surface area contributed by atoms with Crippen LogP contribution in [0.25, 0.3) is 0 Å². The topological polar surface area (TPSA) is 0 Å². The Labute approximate surface area is 71.8 Å². The van der Waals surface area contributed by atoms with Gasteiger partial charge < -0.3 is 0 Å². The number of hydrogen-bond donors (Lipinski definition) is 0. The maximum atomic E-state index is 11.5. The zero-order valence-corrected chi connectivity index (χ0v) is 7.34. The number of alkyl halides is 5. The maximum absolute atomic E-state index is 11.5. The van der Waals surface area contributed by atoms with E-state index in [0.717, 1.165) is 6.92 Å². The summed E-state index contributed by atoms with van der Waals surface area (Å²) in [6, 6.07) is 0. The van der Waals surface area contributed by atoms with E-state index in [-0.39, 0.29) is 24.0 Å². The molecule has 0 atom stereocenters. The van der Waals surface area contributed by atoms with Gasteiger partial charge >= 0.3 is 12.1 Å². The average Bonchev–Trinajstić information content (AvgIpc) is 1.64. The van der Waals surface area contributed by atoms with Crippen LogP contribution in [0.5, 0.6) is 0 Å². The highest BCUT2D eigenvalue weighted by Gasteiger charge is 2.55. The Hall–Kier alpha value is 0.380. The van der Waals surface area contributed by atoms with Crippen molar-refractivity contribution in [3.05, 3.63) is 0 Å². The summed E-state index contributed by atoms with van der Waals surface area (Å²) in [7, 11) is 0. The molecule has 6 heteroatoms. The molecule has 0 spiro atoms. The SMILES string of the molecule is CCC(F)(F)C(F)(F)F.I. The number of hydrogen-bond acceptors (Lipinski definition) is 0. The molecule has 0 nitrogen and oxygen atoms in total. The summed E-state index contributed by atoms with van der Waals surface area (Å²) in [6.07, 6.45) is -6.59. The number of rotatable bonds is 1. The third-order valence-electron chi connectivity index (χ3n) is 0.859. The van der Waals surface area contributed by atoms with Crippen molar-refractivity contribution < 1.29 is 22.0 Å². The molecular weight excluding hydrogens is 270 g/mol. The zero-order chi connectivity index (χ0) is 7.71. The van der Waals surface area contributed by atoms with Crippen molar-refractivity contribution >= 4 is 24.0 Å². The molecule has 0 N–H and O–H groups in total. The number of halogens is 6. The lowest BCUT2D eigenvalue weighted by atomic mass is 10.2. The van der Waals surface area contributed by atoms with E-state index in [1.807, 2.05) is 0 Å². The predicted molar refractivity (Wildman–Crippen MR) is 36.7 cm³/mol. The molecule has 64 valence electrons. The van der Waals surface area contributed by atoms with Crippen LogP contribution in [-0.2, 0) is 0 Å². The van der Waals surface area contributed by atoms with Gasteiger partial charge in [-0.1, -0.05) is 6.92 Å². The fourth-order valence-corrected chi connectivity index (χ4v) is 0.200. The first-order chi connectivity index (χ1) is 3.81. The minimum Gasteiger partial charge on any atom is -0.196 e. The van der Waals surface area contributed by atoms with Gasteiger partial charge in [-0.05, 0) is 0 Å². The molecule has 10 heavy (non-hydrogen) atoms. The molecule has 0 saturated heterocycles. The Morgan fingerprint density at radius 3 is 1.30 bits per heavy atom. The molecule has 0 aromatic heterocycles. The third kappa shape index (κ3) is 2.98. The molecule has 0 aliphatic rings. The van der Waals surface area contributed by atoms with Crippen molar-refractivity contribution in [3.8, 4) is 0 Å². The van der Waals surface area contributed by atoms with Gasteiger partial charge in [0.1, 0.15) is 0 Å². The molecule has 0 aliphatic carbocycles. The zero-order valence-electron chi connectivity index (χ0n) is 5.01. The van der Waals surface area contributed by atoms with E-state index in [1.165, 1.54) is 0 Å². The summed E-state index contributed by atoms with van der Waals surface area (Å²) in [5.41, 5.74) is 0. The van der Waals surface area contributed by atoms with Crippen LogP contribution in [-0.4, -0.2) is 12.1 Å². The minimum absolute atomic E-state index is 0. The van der Waals surface area contributed by atoms with Crippen LogP contribution >= 0.6 is 24.0 Å². The van der Waals surface area contributed by atoms with Crippen LogP contribution in [0, 0.1) is 0 Å². The summed E-state index contributed by atoms with van der Waals surface area (Å²) in [4.78, 5) is 0. The standard InChI is InChI=1S/C4H5F5.HI/c1-2-3(5,6)4(7,8)9;/h2H2,1H3;1H. The van der Waals surface area contributed by atoms with Crippen molar-refractivity contribution in [3.63, 3.8) is 0 Å². The second-order valence-corrected chi connectivity index (χ2v) is 1.56. The van der Waals surface area contributed by atoms with Gasteiger partial charge in [-0.25, -0.2) is 0 Å². The molecule has 0 bridgehead atoms. The van der Waals surface area contributed by atoms with Crippen LogP contribution in [0.4, 0.5) is 22.0 Å². The van der Waals surface area contributed by atoms with Gasteiger partial charge in [-0.15, -0.1) is 24.0 Å². The third-order valence-corrected chi connectivity index (χ3v) is 0.859. The summed E-state index contributed by atoms with van der Waals surface area (Å²) in [6.45, 7) is 0.785. The van der Waals surface area contributed by atoms with Gasteiger partial charge in [-0.3, -0.25) is 0 Å². The molecule has 0 aromatic carbocycles. The van der Waals surface area contributed by atoms with Crippen molar-refractivity contribution in [2.75, 3.05) is 0 Å². The molecule has 0 heterocycles. The summed E-state index contributed by atoms with van der Waals surface area (Å²) >= 11 is 0. The molecule has 0 amide bonds. The fraction of sp³-hybridized carbons (Fsp3) is 1.00. The lowest BCUT2D eigenvalue weighted by Gasteiger charge is -2.16. The van der Waals surface area contributed by atoms with E-state index in [9.17, 15) is 22.0 Å². The van der Waals surface area contributed by atoms with E-state index < -0.39 is 18.5 Å². The quantitative estimate of drug-likeness (QED) is 0.509. The van der Waals surface area contributed by atoms with E-state index in [2.05, 4.69) is 0 Å². The summed E-state index contributed by atoms with van der Waals surface area (Å²) in [5.74, 6) is -4.52. The second kappa shape index (κ2) is 3.68. The van der Waals surface area contributed by atoms with Gasteiger partial charge in [-0.2, -0.15) is 22.0 Å². The van der Waals surface area contributed by atoms with Crippen molar-refractivity contribution in [2.24, 2.45) is 0 Å². The molecule has 0 saturated carbocycles. The first-order valence-electron chi connectivity index (χ1n) is 2.26. The van der Waals surface area contributed by atoms with Gasteiger partial charge in [0.15, 0.2) is 0 Å². The fourth-order valence-electron chi connectivity index (χ4n) is 0.200. The molecule has 0 unspecified atom stereocenters. The van der Waals surface area contributed by atoms with E-state index in [0.29, 0.717) is 0 Å². The van der Waals surface area contributed by atoms with Crippen molar-refractivity contribution in [1.29, 1.82) is 0 Å². The molecule has 0 fully saturated rings. The molecule has 0 radical (unpaired) electrons. The first kappa shape index (κ1) is 13.0. The average molecular weight is 276 g/mol. The highest BCUT2D eigenvalue weighted by atomic mass is 127. The van der Waals surface area contributed by atoms with E-state index in [1.54, 1.807) is 0 Å². The smallest absolute Gasteiger partial charge is 0.196 e. The lowest BCUT2D eigenvalue weighted by Crippen LogP contribution is -2.35.